The van der Waals surface area contributed by atoms with Crippen LogP contribution in [0.1, 0.15) is 25.5 Å². The molecule has 0 saturated carbocycles. The van der Waals surface area contributed by atoms with E-state index in [1.54, 1.807) is 0 Å². The van der Waals surface area contributed by atoms with Gasteiger partial charge in [0.1, 0.15) is 12.2 Å². The minimum atomic E-state index is 0.0393. The fourth-order valence-electron chi connectivity index (χ4n) is 1.22. The predicted molar refractivity (Wildman–Crippen MR) is 52.5 cm³/mol. The Morgan fingerprint density at radius 3 is 2.31 bits per heavy atom. The van der Waals surface area contributed by atoms with Crippen molar-refractivity contribution in [2.24, 2.45) is 0 Å². The summed E-state index contributed by atoms with van der Waals surface area (Å²) in [6.07, 6.45) is 0.179. The van der Waals surface area contributed by atoms with Gasteiger partial charge < -0.3 is 9.84 Å². The number of aliphatic hydroxyl groups is 1. The van der Waals surface area contributed by atoms with E-state index < -0.39 is 0 Å². The van der Waals surface area contributed by atoms with Gasteiger partial charge in [0.15, 0.2) is 0 Å². The molecule has 1 fully saturated rings. The van der Waals surface area contributed by atoms with Crippen molar-refractivity contribution in [3.8, 4) is 0 Å². The summed E-state index contributed by atoms with van der Waals surface area (Å²) in [6.45, 7) is 4.12. The topological polar surface area (TPSA) is 32.8 Å². The zero-order chi connectivity index (χ0) is 9.68. The fraction of sp³-hybridized carbons (Fsp3) is 0.455. The van der Waals surface area contributed by atoms with Gasteiger partial charge in [0.25, 0.3) is 0 Å². The van der Waals surface area contributed by atoms with Gasteiger partial charge in [-0.1, -0.05) is 44.2 Å². The van der Waals surface area contributed by atoms with E-state index in [0.29, 0.717) is 0 Å². The Kier molecular flexibility index (Phi) is 3.93. The van der Waals surface area contributed by atoms with Crippen LogP contribution in [-0.2, 0) is 4.74 Å². The van der Waals surface area contributed by atoms with Crippen LogP contribution in [0.25, 0.3) is 0 Å². The quantitative estimate of drug-likeness (QED) is 0.707. The Morgan fingerprint density at radius 1 is 1.23 bits per heavy atom. The van der Waals surface area contributed by atoms with Gasteiger partial charge in [0.2, 0.25) is 0 Å². The van der Waals surface area contributed by atoms with Gasteiger partial charge in [-0.15, -0.1) is 0 Å². The zero-order valence-corrected chi connectivity index (χ0v) is 8.10. The van der Waals surface area contributed by atoms with Crippen LogP contribution in [0.5, 0.6) is 0 Å². The van der Waals surface area contributed by atoms with E-state index in [9.17, 15) is 0 Å². The summed E-state index contributed by atoms with van der Waals surface area (Å²) in [5.41, 5.74) is 1.16. The van der Waals surface area contributed by atoms with Crippen LogP contribution >= 0.6 is 0 Å². The second-order valence-electron chi connectivity index (χ2n) is 2.69. The first kappa shape index (κ1) is 10.2. The van der Waals surface area contributed by atoms with Crippen LogP contribution in [0.3, 0.4) is 0 Å². The van der Waals surface area contributed by atoms with Crippen molar-refractivity contribution in [1.29, 1.82) is 0 Å². The van der Waals surface area contributed by atoms with Gasteiger partial charge in [0, 0.05) is 0 Å². The summed E-state index contributed by atoms with van der Waals surface area (Å²) in [4.78, 5) is 0. The lowest BCUT2D eigenvalue weighted by Gasteiger charge is -1.91. The van der Waals surface area contributed by atoms with Crippen LogP contribution in [0, 0.1) is 0 Å². The summed E-state index contributed by atoms with van der Waals surface area (Å²) < 4.78 is 5.20. The highest BCUT2D eigenvalue weighted by molar-refractivity contribution is 5.22. The molecule has 1 aliphatic heterocycles. The molecule has 1 aromatic carbocycles. The minimum Gasteiger partial charge on any atom is -0.394 e. The number of aliphatic hydroxyl groups excluding tert-OH is 1. The van der Waals surface area contributed by atoms with Gasteiger partial charge in [-0.2, -0.15) is 0 Å². The molecule has 1 aliphatic rings. The Labute approximate surface area is 79.2 Å². The second kappa shape index (κ2) is 5.00. The second-order valence-corrected chi connectivity index (χ2v) is 2.69. The molecule has 1 N–H and O–H groups in total. The third-order valence-electron chi connectivity index (χ3n) is 1.89. The normalized spacial score (nSPS) is 24.5. The first-order valence-electron chi connectivity index (χ1n) is 4.73. The van der Waals surface area contributed by atoms with Crippen molar-refractivity contribution in [3.63, 3.8) is 0 Å². The Morgan fingerprint density at radius 2 is 1.85 bits per heavy atom. The van der Waals surface area contributed by atoms with Crippen molar-refractivity contribution in [1.82, 2.24) is 0 Å². The number of benzene rings is 1. The van der Waals surface area contributed by atoms with Gasteiger partial charge in [-0.25, -0.2) is 0 Å². The first-order valence-corrected chi connectivity index (χ1v) is 4.73. The smallest absolute Gasteiger partial charge is 0.112 e. The van der Waals surface area contributed by atoms with Crippen LogP contribution < -0.4 is 0 Å². The van der Waals surface area contributed by atoms with Crippen molar-refractivity contribution in [3.05, 3.63) is 35.9 Å². The highest BCUT2D eigenvalue weighted by atomic mass is 16.6. The Balaban J connectivity index is 0.000000396. The predicted octanol–water partition coefficient (Wildman–Crippen LogP) is 2.15. The monoisotopic (exact) mass is 180 g/mol. The maximum absolute atomic E-state index is 8.71. The molecule has 2 rings (SSSR count). The van der Waals surface area contributed by atoms with E-state index in [4.69, 9.17) is 9.84 Å². The molecule has 13 heavy (non-hydrogen) atoms. The van der Waals surface area contributed by atoms with Crippen LogP contribution in [0.15, 0.2) is 30.3 Å². The van der Waals surface area contributed by atoms with E-state index in [0.717, 1.165) is 5.56 Å². The maximum atomic E-state index is 8.71. The molecule has 0 bridgehead atoms. The van der Waals surface area contributed by atoms with Crippen LogP contribution in [-0.4, -0.2) is 17.8 Å². The van der Waals surface area contributed by atoms with Crippen molar-refractivity contribution in [2.75, 3.05) is 6.61 Å². The lowest BCUT2D eigenvalue weighted by atomic mass is 10.1. The first-order chi connectivity index (χ1) is 6.42. The standard InChI is InChI=1S/C9H10O2.C2H6/c10-6-8-9(11-8)7-4-2-1-3-5-7;1-2/h1-5,8-10H,6H2;1-2H3/t8-,9?;/m1./s1. The average Bonchev–Trinajstić information content (AvgIpc) is 3.01. The third-order valence-corrected chi connectivity index (χ3v) is 1.89. The molecule has 0 aliphatic carbocycles. The number of hydrogen-bond donors (Lipinski definition) is 1. The molecule has 1 heterocycles. The van der Waals surface area contributed by atoms with E-state index >= 15 is 0 Å². The molecule has 0 amide bonds. The van der Waals surface area contributed by atoms with Crippen LogP contribution in [0.4, 0.5) is 0 Å². The molecule has 0 radical (unpaired) electrons. The van der Waals surface area contributed by atoms with Gasteiger partial charge in [0.05, 0.1) is 6.61 Å². The number of ether oxygens (including phenoxy) is 1. The van der Waals surface area contributed by atoms with Crippen LogP contribution in [0.2, 0.25) is 0 Å². The highest BCUT2D eigenvalue weighted by Crippen LogP contribution is 2.37. The van der Waals surface area contributed by atoms with E-state index in [1.807, 2.05) is 44.2 Å². The largest absolute Gasteiger partial charge is 0.394 e. The number of rotatable bonds is 2. The summed E-state index contributed by atoms with van der Waals surface area (Å²) in [6, 6.07) is 9.96. The van der Waals surface area contributed by atoms with E-state index in [-0.39, 0.29) is 18.8 Å². The Bertz CT molecular complexity index is 233. The summed E-state index contributed by atoms with van der Waals surface area (Å²) >= 11 is 0. The Hall–Kier alpha value is -0.860. The SMILES string of the molecule is CC.OC[C@H]1OC1c1ccccc1. The van der Waals surface area contributed by atoms with E-state index in [1.165, 1.54) is 0 Å². The molecular formula is C11H16O2. The molecule has 1 unspecified atom stereocenters. The molecule has 2 heteroatoms. The number of hydrogen-bond acceptors (Lipinski definition) is 2. The molecule has 1 saturated heterocycles. The molecule has 2 atom stereocenters. The molecule has 72 valence electrons. The van der Waals surface area contributed by atoms with E-state index in [2.05, 4.69) is 0 Å². The molecular weight excluding hydrogens is 164 g/mol. The molecule has 1 aromatic rings. The zero-order valence-electron chi connectivity index (χ0n) is 8.10. The fourth-order valence-corrected chi connectivity index (χ4v) is 1.22. The highest BCUT2D eigenvalue weighted by Gasteiger charge is 2.39. The average molecular weight is 180 g/mol. The van der Waals surface area contributed by atoms with Gasteiger partial charge in [-0.3, -0.25) is 0 Å². The summed E-state index contributed by atoms with van der Waals surface area (Å²) in [5.74, 6) is 0. The molecule has 0 aromatic heterocycles. The molecule has 0 spiro atoms. The lowest BCUT2D eigenvalue weighted by molar-refractivity contribution is 0.242. The summed E-state index contributed by atoms with van der Waals surface area (Å²) in [7, 11) is 0. The van der Waals surface area contributed by atoms with Crippen molar-refractivity contribution >= 4 is 0 Å². The third kappa shape index (κ3) is 2.54. The lowest BCUT2D eigenvalue weighted by Crippen LogP contribution is -1.93. The van der Waals surface area contributed by atoms with Crippen molar-refractivity contribution < 1.29 is 9.84 Å². The maximum Gasteiger partial charge on any atom is 0.112 e. The minimum absolute atomic E-state index is 0.0393. The van der Waals surface area contributed by atoms with Crippen molar-refractivity contribution in [2.45, 2.75) is 26.1 Å². The van der Waals surface area contributed by atoms with Gasteiger partial charge >= 0.3 is 0 Å². The summed E-state index contributed by atoms with van der Waals surface area (Å²) in [5, 5.41) is 8.71. The number of epoxide rings is 1. The molecule has 2 nitrogen and oxygen atoms in total. The van der Waals surface area contributed by atoms with Gasteiger partial charge in [-0.05, 0) is 5.56 Å².